The van der Waals surface area contributed by atoms with Gasteiger partial charge in [0.15, 0.2) is 0 Å². The zero-order chi connectivity index (χ0) is 30.4. The number of hydrogen-bond acceptors (Lipinski definition) is 2. The molecular formula is C40H70O2. The second kappa shape index (κ2) is 29.6. The molecular weight excluding hydrogens is 512 g/mol. The van der Waals surface area contributed by atoms with Gasteiger partial charge in [-0.25, -0.2) is 0 Å². The normalized spacial score (nSPS) is 11.3. The first-order valence-electron chi connectivity index (χ1n) is 18.8. The Morgan fingerprint density at radius 3 is 0.786 bits per heavy atom. The molecule has 0 N–H and O–H groups in total. The molecule has 0 unspecified atom stereocenters. The van der Waals surface area contributed by atoms with Gasteiger partial charge in [0, 0.05) is 11.1 Å². The van der Waals surface area contributed by atoms with Gasteiger partial charge in [-0.2, -0.15) is 0 Å². The summed E-state index contributed by atoms with van der Waals surface area (Å²) < 4.78 is 0. The van der Waals surface area contributed by atoms with E-state index >= 15 is 0 Å². The number of aldehydes is 2. The lowest BCUT2D eigenvalue weighted by Gasteiger charge is -2.11. The second-order valence-electron chi connectivity index (χ2n) is 13.2. The maximum atomic E-state index is 11.8. The highest BCUT2D eigenvalue weighted by molar-refractivity contribution is 5.84. The molecule has 0 radical (unpaired) electrons. The summed E-state index contributed by atoms with van der Waals surface area (Å²) in [5, 5.41) is 0. The molecule has 0 aromatic heterocycles. The van der Waals surface area contributed by atoms with Crippen molar-refractivity contribution < 1.29 is 9.59 Å². The maximum Gasteiger partial charge on any atom is 0.150 e. The molecule has 0 atom stereocenters. The van der Waals surface area contributed by atoms with E-state index in [2.05, 4.69) is 13.8 Å². The third kappa shape index (κ3) is 21.3. The van der Waals surface area contributed by atoms with Gasteiger partial charge in [0.25, 0.3) is 0 Å². The van der Waals surface area contributed by atoms with Crippen molar-refractivity contribution in [3.63, 3.8) is 0 Å². The minimum atomic E-state index is 0.802. The average molecular weight is 583 g/mol. The first kappa shape index (κ1) is 38.6. The Balaban J connectivity index is 2.13. The molecule has 0 bridgehead atoms. The van der Waals surface area contributed by atoms with Crippen LogP contribution in [0, 0.1) is 0 Å². The zero-order valence-corrected chi connectivity index (χ0v) is 28.3. The summed E-state index contributed by atoms with van der Waals surface area (Å²) in [6.45, 7) is 4.57. The molecule has 0 aliphatic rings. The van der Waals surface area contributed by atoms with E-state index in [0.717, 1.165) is 60.5 Å². The number of aryl methyl sites for hydroxylation is 2. The van der Waals surface area contributed by atoms with Crippen molar-refractivity contribution in [3.05, 3.63) is 34.4 Å². The van der Waals surface area contributed by atoms with E-state index < -0.39 is 0 Å². The van der Waals surface area contributed by atoms with Crippen LogP contribution in [0.3, 0.4) is 0 Å². The summed E-state index contributed by atoms with van der Waals surface area (Å²) in [6, 6.07) is 4.02. The Labute approximate surface area is 262 Å². The van der Waals surface area contributed by atoms with Gasteiger partial charge in [0.2, 0.25) is 0 Å². The quantitative estimate of drug-likeness (QED) is 0.0625. The van der Waals surface area contributed by atoms with Crippen LogP contribution in [0.15, 0.2) is 12.1 Å². The monoisotopic (exact) mass is 583 g/mol. The first-order valence-corrected chi connectivity index (χ1v) is 18.8. The standard InChI is InChI=1S/C40H70O2/c1-3-5-7-9-11-13-15-17-19-21-23-25-27-29-31-37-33-40(36-42)38(34-39(37)35-41)32-30-28-26-24-22-20-18-16-14-12-10-8-6-4-2/h33-36H,3-32H2,1-2H3. The van der Waals surface area contributed by atoms with E-state index in [4.69, 9.17) is 0 Å². The van der Waals surface area contributed by atoms with Gasteiger partial charge < -0.3 is 0 Å². The van der Waals surface area contributed by atoms with Crippen LogP contribution in [0.2, 0.25) is 0 Å². The lowest BCUT2D eigenvalue weighted by Crippen LogP contribution is -2.01. The van der Waals surface area contributed by atoms with Crippen molar-refractivity contribution in [2.24, 2.45) is 0 Å². The van der Waals surface area contributed by atoms with Crippen LogP contribution in [0.25, 0.3) is 0 Å². The van der Waals surface area contributed by atoms with Crippen molar-refractivity contribution in [2.75, 3.05) is 0 Å². The minimum absolute atomic E-state index is 0.802. The molecule has 0 heterocycles. The van der Waals surface area contributed by atoms with Gasteiger partial charge in [0.1, 0.15) is 12.6 Å². The summed E-state index contributed by atoms with van der Waals surface area (Å²) in [6.07, 6.45) is 41.7. The third-order valence-corrected chi connectivity index (χ3v) is 9.25. The summed E-state index contributed by atoms with van der Waals surface area (Å²) >= 11 is 0. The largest absolute Gasteiger partial charge is 0.298 e. The molecule has 0 saturated heterocycles. The van der Waals surface area contributed by atoms with Gasteiger partial charge in [0.05, 0.1) is 0 Å². The molecule has 0 fully saturated rings. The predicted molar refractivity (Wildman–Crippen MR) is 185 cm³/mol. The number of rotatable bonds is 32. The molecule has 0 aliphatic carbocycles. The van der Waals surface area contributed by atoms with Crippen LogP contribution >= 0.6 is 0 Å². The fraction of sp³-hybridized carbons (Fsp3) is 0.800. The van der Waals surface area contributed by atoms with Crippen LogP contribution in [-0.2, 0) is 12.8 Å². The number of hydrogen-bond donors (Lipinski definition) is 0. The maximum absolute atomic E-state index is 11.8. The molecule has 0 saturated carbocycles. The third-order valence-electron chi connectivity index (χ3n) is 9.25. The molecule has 242 valence electrons. The summed E-state index contributed by atoms with van der Waals surface area (Å²) in [4.78, 5) is 23.7. The first-order chi connectivity index (χ1) is 20.8. The van der Waals surface area contributed by atoms with Crippen molar-refractivity contribution in [3.8, 4) is 0 Å². The minimum Gasteiger partial charge on any atom is -0.298 e. The highest BCUT2D eigenvalue weighted by Crippen LogP contribution is 2.21. The molecule has 2 heteroatoms. The summed E-state index contributed by atoms with van der Waals surface area (Å²) in [5.74, 6) is 0. The smallest absolute Gasteiger partial charge is 0.150 e. The molecule has 1 aromatic rings. The Morgan fingerprint density at radius 1 is 0.357 bits per heavy atom. The number of carbonyl (C=O) groups is 2. The van der Waals surface area contributed by atoms with Crippen LogP contribution in [0.5, 0.6) is 0 Å². The molecule has 42 heavy (non-hydrogen) atoms. The fourth-order valence-electron chi connectivity index (χ4n) is 6.40. The van der Waals surface area contributed by atoms with Crippen molar-refractivity contribution in [1.29, 1.82) is 0 Å². The van der Waals surface area contributed by atoms with E-state index in [1.165, 1.54) is 167 Å². The molecule has 2 nitrogen and oxygen atoms in total. The number of unbranched alkanes of at least 4 members (excludes halogenated alkanes) is 26. The Bertz CT molecular complexity index is 689. The summed E-state index contributed by atoms with van der Waals surface area (Å²) in [5.41, 5.74) is 3.73. The SMILES string of the molecule is CCCCCCCCCCCCCCCCc1cc(C=O)c(CCCCCCCCCCCCCCCC)cc1C=O. The Morgan fingerprint density at radius 2 is 0.571 bits per heavy atom. The average Bonchev–Trinajstić information content (AvgIpc) is 3.01. The highest BCUT2D eigenvalue weighted by Gasteiger charge is 2.10. The van der Waals surface area contributed by atoms with Crippen LogP contribution < -0.4 is 0 Å². The van der Waals surface area contributed by atoms with Crippen molar-refractivity contribution >= 4 is 12.6 Å². The van der Waals surface area contributed by atoms with Crippen LogP contribution in [-0.4, -0.2) is 12.6 Å². The molecule has 0 spiro atoms. The van der Waals surface area contributed by atoms with E-state index in [0.29, 0.717) is 0 Å². The van der Waals surface area contributed by atoms with E-state index in [1.54, 1.807) is 0 Å². The second-order valence-corrected chi connectivity index (χ2v) is 13.2. The highest BCUT2D eigenvalue weighted by atomic mass is 16.1. The topological polar surface area (TPSA) is 34.1 Å². The Hall–Kier alpha value is -1.44. The summed E-state index contributed by atoms with van der Waals surface area (Å²) in [7, 11) is 0. The molecule has 0 aliphatic heterocycles. The van der Waals surface area contributed by atoms with E-state index in [9.17, 15) is 9.59 Å². The van der Waals surface area contributed by atoms with Gasteiger partial charge in [-0.05, 0) is 48.9 Å². The Kier molecular flexibility index (Phi) is 27.2. The lowest BCUT2D eigenvalue weighted by molar-refractivity contribution is 0.111. The predicted octanol–water partition coefficient (Wildman–Crippen LogP) is 13.4. The van der Waals surface area contributed by atoms with Gasteiger partial charge in [-0.1, -0.05) is 181 Å². The van der Waals surface area contributed by atoms with Crippen molar-refractivity contribution in [1.82, 2.24) is 0 Å². The number of carbonyl (C=O) groups excluding carboxylic acids is 2. The molecule has 1 aromatic carbocycles. The zero-order valence-electron chi connectivity index (χ0n) is 28.3. The number of benzene rings is 1. The van der Waals surface area contributed by atoms with Crippen LogP contribution in [0.4, 0.5) is 0 Å². The molecule has 0 amide bonds. The van der Waals surface area contributed by atoms with Gasteiger partial charge in [-0.3, -0.25) is 9.59 Å². The fourth-order valence-corrected chi connectivity index (χ4v) is 6.40. The van der Waals surface area contributed by atoms with Crippen LogP contribution in [0.1, 0.15) is 225 Å². The lowest BCUT2D eigenvalue weighted by atomic mass is 9.93. The van der Waals surface area contributed by atoms with Gasteiger partial charge in [-0.15, -0.1) is 0 Å². The molecule has 1 rings (SSSR count). The van der Waals surface area contributed by atoms with E-state index in [1.807, 2.05) is 12.1 Å². The van der Waals surface area contributed by atoms with E-state index in [-0.39, 0.29) is 0 Å². The van der Waals surface area contributed by atoms with Crippen molar-refractivity contribution in [2.45, 2.75) is 206 Å². The van der Waals surface area contributed by atoms with Gasteiger partial charge >= 0.3 is 0 Å².